The molecule has 10 heteroatoms. The topological polar surface area (TPSA) is 78.2 Å². The summed E-state index contributed by atoms with van der Waals surface area (Å²) in [5.41, 5.74) is 9.81. The minimum atomic E-state index is -1.02. The maximum atomic E-state index is 15.1. The maximum Gasteiger partial charge on any atom is 0.335 e. The van der Waals surface area contributed by atoms with Crippen LogP contribution >= 0.6 is 23.2 Å². The largest absolute Gasteiger partial charge is 0.494 e. The number of benzene rings is 3. The van der Waals surface area contributed by atoms with Crippen LogP contribution in [0.25, 0.3) is 16.5 Å². The second-order valence-electron chi connectivity index (χ2n) is 14.4. The highest BCUT2D eigenvalue weighted by atomic mass is 35.5. The molecular weight excluding hydrogens is 695 g/mol. The number of allylic oxidation sites excluding steroid dienone is 3. The van der Waals surface area contributed by atoms with Crippen molar-refractivity contribution >= 4 is 62.9 Å². The van der Waals surface area contributed by atoms with Gasteiger partial charge < -0.3 is 29.1 Å². The number of ether oxygens (including phenoxy) is 1. The van der Waals surface area contributed by atoms with E-state index in [0.717, 1.165) is 92.5 Å². The molecule has 0 unspecified atom stereocenters. The molecule has 1 saturated heterocycles. The van der Waals surface area contributed by atoms with E-state index in [4.69, 9.17) is 27.9 Å². The van der Waals surface area contributed by atoms with E-state index in [2.05, 4.69) is 41.8 Å². The van der Waals surface area contributed by atoms with Crippen LogP contribution in [0, 0.1) is 13.8 Å². The predicted octanol–water partition coefficient (Wildman–Crippen LogP) is 9.45. The molecule has 2 aliphatic heterocycles. The summed E-state index contributed by atoms with van der Waals surface area (Å²) in [6, 6.07) is 13.2. The van der Waals surface area contributed by atoms with Gasteiger partial charge in [-0.05, 0) is 120 Å². The van der Waals surface area contributed by atoms with Crippen molar-refractivity contribution in [3.05, 3.63) is 104 Å². The molecule has 274 valence electrons. The van der Waals surface area contributed by atoms with E-state index < -0.39 is 5.97 Å². The summed E-state index contributed by atoms with van der Waals surface area (Å²) in [7, 11) is 2.09. The molecule has 1 amide bonds. The highest BCUT2D eigenvalue weighted by Crippen LogP contribution is 2.42. The molecule has 3 aromatic carbocycles. The van der Waals surface area contributed by atoms with Gasteiger partial charge in [-0.3, -0.25) is 4.79 Å². The third-order valence-corrected chi connectivity index (χ3v) is 11.2. The molecule has 6 rings (SSSR count). The number of likely N-dealkylation sites (N-methyl/N-ethyl adjacent to an activating group) is 1. The van der Waals surface area contributed by atoms with Crippen molar-refractivity contribution < 1.29 is 19.4 Å². The molecule has 0 aliphatic carbocycles. The van der Waals surface area contributed by atoms with Gasteiger partial charge in [-0.15, -0.1) is 0 Å². The van der Waals surface area contributed by atoms with Crippen molar-refractivity contribution in [2.45, 2.75) is 60.4 Å². The zero-order valence-electron chi connectivity index (χ0n) is 31.0. The lowest BCUT2D eigenvalue weighted by Crippen LogP contribution is -2.44. The van der Waals surface area contributed by atoms with Crippen LogP contribution in [-0.4, -0.2) is 72.8 Å². The highest BCUT2D eigenvalue weighted by molar-refractivity contribution is 6.34. The number of amides is 1. The van der Waals surface area contributed by atoms with Crippen LogP contribution in [0.2, 0.25) is 10.0 Å². The minimum Gasteiger partial charge on any atom is -0.494 e. The van der Waals surface area contributed by atoms with E-state index in [-0.39, 0.29) is 11.5 Å². The summed E-state index contributed by atoms with van der Waals surface area (Å²) >= 11 is 13.4. The van der Waals surface area contributed by atoms with Crippen molar-refractivity contribution in [2.24, 2.45) is 0 Å². The van der Waals surface area contributed by atoms with Gasteiger partial charge in [-0.2, -0.15) is 0 Å². The lowest BCUT2D eigenvalue weighted by Gasteiger charge is -2.35. The van der Waals surface area contributed by atoms with Crippen LogP contribution in [0.3, 0.4) is 0 Å². The Morgan fingerprint density at radius 3 is 2.23 bits per heavy atom. The van der Waals surface area contributed by atoms with Crippen LogP contribution in [0.15, 0.2) is 60.2 Å². The molecule has 3 heterocycles. The number of halogens is 2. The molecule has 0 atom stereocenters. The number of piperazine rings is 1. The van der Waals surface area contributed by atoms with Gasteiger partial charge in [-0.1, -0.05) is 47.0 Å². The minimum absolute atomic E-state index is 0.156. The third kappa shape index (κ3) is 7.34. The Morgan fingerprint density at radius 1 is 0.923 bits per heavy atom. The van der Waals surface area contributed by atoms with Gasteiger partial charge in [0.1, 0.15) is 11.4 Å². The standard InChI is InChI=1S/C42H48Cl2N4O4/c1-25(2)36(26(3)4)37-35(43)12-11-34-33(10-8-19-52-32-20-27(5)38(44)28(6)21-32)40-41(49)47(13-9-14-48(40)39(34)37)31-23-29(42(50)51)22-30(24-31)46-17-15-45(7)16-18-46/h11-12,20-24H,1,8-10,13-19H2,2-7H3,(H,50,51). The average molecular weight is 744 g/mol. The third-order valence-electron chi connectivity index (χ3n) is 10.2. The molecule has 1 fully saturated rings. The number of carboxylic acid groups (broad SMARTS) is 1. The van der Waals surface area contributed by atoms with E-state index in [0.29, 0.717) is 55.4 Å². The average Bonchev–Trinajstić information content (AvgIpc) is 3.30. The number of rotatable bonds is 10. The van der Waals surface area contributed by atoms with E-state index in [9.17, 15) is 9.90 Å². The van der Waals surface area contributed by atoms with E-state index >= 15 is 4.79 Å². The van der Waals surface area contributed by atoms with Crippen molar-refractivity contribution in [2.75, 3.05) is 56.2 Å². The zero-order chi connectivity index (χ0) is 37.4. The first-order valence-electron chi connectivity index (χ1n) is 18.0. The molecule has 4 aromatic rings. The van der Waals surface area contributed by atoms with Crippen LogP contribution in [0.5, 0.6) is 5.75 Å². The fourth-order valence-electron chi connectivity index (χ4n) is 7.75. The summed E-state index contributed by atoms with van der Waals surface area (Å²) in [6.45, 7) is 19.2. The number of hydrogen-bond acceptors (Lipinski definition) is 5. The lowest BCUT2D eigenvalue weighted by atomic mass is 9.93. The number of carbonyl (C=O) groups is 2. The van der Waals surface area contributed by atoms with E-state index in [1.807, 2.05) is 51.1 Å². The Bertz CT molecular complexity index is 2080. The first-order chi connectivity index (χ1) is 24.8. The fourth-order valence-corrected chi connectivity index (χ4v) is 8.11. The monoisotopic (exact) mass is 742 g/mol. The molecule has 8 nitrogen and oxygen atoms in total. The first-order valence-corrected chi connectivity index (χ1v) is 18.7. The number of aryl methyl sites for hydroxylation is 4. The van der Waals surface area contributed by atoms with Crippen LogP contribution in [0.4, 0.5) is 11.4 Å². The van der Waals surface area contributed by atoms with Crippen LogP contribution in [0.1, 0.15) is 76.7 Å². The van der Waals surface area contributed by atoms with Crippen molar-refractivity contribution in [1.29, 1.82) is 0 Å². The summed E-state index contributed by atoms with van der Waals surface area (Å²) in [5, 5.41) is 12.5. The van der Waals surface area contributed by atoms with E-state index in [1.54, 1.807) is 17.0 Å². The molecular formula is C42H48Cl2N4O4. The molecule has 0 bridgehead atoms. The van der Waals surface area contributed by atoms with Crippen molar-refractivity contribution in [1.82, 2.24) is 9.47 Å². The van der Waals surface area contributed by atoms with Gasteiger partial charge in [-0.25, -0.2) is 4.79 Å². The van der Waals surface area contributed by atoms with Gasteiger partial charge in [0.25, 0.3) is 5.91 Å². The molecule has 1 N–H and O–H groups in total. The Kier molecular flexibility index (Phi) is 11.1. The predicted molar refractivity (Wildman–Crippen MR) is 214 cm³/mol. The number of carbonyl (C=O) groups excluding carboxylic acids is 1. The summed E-state index contributed by atoms with van der Waals surface area (Å²) in [4.78, 5) is 33.7. The number of fused-ring (bicyclic) bond motifs is 3. The smallest absolute Gasteiger partial charge is 0.335 e. The van der Waals surface area contributed by atoms with Gasteiger partial charge in [0, 0.05) is 66.6 Å². The number of nitrogens with zero attached hydrogens (tertiary/aromatic N) is 4. The Morgan fingerprint density at radius 2 is 1.60 bits per heavy atom. The number of aromatic carboxylic acids is 1. The van der Waals surface area contributed by atoms with Gasteiger partial charge in [0.2, 0.25) is 0 Å². The Labute approximate surface area is 316 Å². The molecule has 1 aromatic heterocycles. The summed E-state index contributed by atoms with van der Waals surface area (Å²) < 4.78 is 8.36. The SMILES string of the molecule is C=C(C)C(=C(C)C)c1c(Cl)ccc2c(CCCOc3cc(C)c(Cl)c(C)c3)c3n(c12)CCCN(c1cc(C(=O)O)cc(N2CCN(C)CC2)c1)C3=O. The normalized spacial score (nSPS) is 15.1. The van der Waals surface area contributed by atoms with Gasteiger partial charge in [0.15, 0.2) is 0 Å². The quantitative estimate of drug-likeness (QED) is 0.129. The second-order valence-corrected chi connectivity index (χ2v) is 15.2. The number of aromatic nitrogens is 1. The number of anilines is 2. The molecule has 0 radical (unpaired) electrons. The Hall–Kier alpha value is -4.24. The molecule has 0 spiro atoms. The summed E-state index contributed by atoms with van der Waals surface area (Å²) in [6.07, 6.45) is 1.92. The Balaban J connectivity index is 1.46. The second kappa shape index (κ2) is 15.4. The fraction of sp³-hybridized carbons (Fsp3) is 0.381. The number of hydrogen-bond donors (Lipinski definition) is 1. The lowest BCUT2D eigenvalue weighted by molar-refractivity contribution is 0.0696. The van der Waals surface area contributed by atoms with Gasteiger partial charge >= 0.3 is 5.97 Å². The summed E-state index contributed by atoms with van der Waals surface area (Å²) in [5.74, 6) is -0.411. The zero-order valence-corrected chi connectivity index (χ0v) is 32.5. The number of carboxylic acids is 1. The van der Waals surface area contributed by atoms with Crippen molar-refractivity contribution in [3.63, 3.8) is 0 Å². The molecule has 2 aliphatic rings. The molecule has 52 heavy (non-hydrogen) atoms. The highest BCUT2D eigenvalue weighted by Gasteiger charge is 2.33. The van der Waals surface area contributed by atoms with Gasteiger partial charge in [0.05, 0.1) is 22.7 Å². The maximum absolute atomic E-state index is 15.1. The first kappa shape index (κ1) is 37.5. The van der Waals surface area contributed by atoms with Crippen LogP contribution in [-0.2, 0) is 13.0 Å². The van der Waals surface area contributed by atoms with Crippen LogP contribution < -0.4 is 14.5 Å². The van der Waals surface area contributed by atoms with Crippen molar-refractivity contribution in [3.8, 4) is 5.75 Å². The molecule has 0 saturated carbocycles. The van der Waals surface area contributed by atoms with E-state index in [1.165, 1.54) is 0 Å².